The third-order valence-electron chi connectivity index (χ3n) is 2.90. The molecular weight excluding hydrogens is 287 g/mol. The van der Waals surface area contributed by atoms with Crippen molar-refractivity contribution in [1.29, 1.82) is 0 Å². The highest BCUT2D eigenvalue weighted by Crippen LogP contribution is 2.45. The van der Waals surface area contributed by atoms with Gasteiger partial charge in [0.25, 0.3) is 0 Å². The van der Waals surface area contributed by atoms with Gasteiger partial charge >= 0.3 is 5.97 Å². The number of carbonyl (C=O) groups excluding carboxylic acids is 1. The summed E-state index contributed by atoms with van der Waals surface area (Å²) < 4.78 is 4.66. The van der Waals surface area contributed by atoms with Crippen LogP contribution in [0.25, 0.3) is 0 Å². The molecule has 4 heteroatoms. The zero-order valence-corrected chi connectivity index (χ0v) is 12.8. The fraction of sp³-hybridized carbons (Fsp3) is 0.0625. The minimum atomic E-state index is -2.14. The molecular formula is C16H15O2PS. The largest absolute Gasteiger partial charge is 0.466 e. The monoisotopic (exact) mass is 302 g/mol. The fourth-order valence-electron chi connectivity index (χ4n) is 1.85. The summed E-state index contributed by atoms with van der Waals surface area (Å²) in [4.78, 5) is 11.4. The quantitative estimate of drug-likeness (QED) is 0.493. The van der Waals surface area contributed by atoms with Crippen LogP contribution in [0.2, 0.25) is 0 Å². The van der Waals surface area contributed by atoms with Gasteiger partial charge in [0.2, 0.25) is 0 Å². The summed E-state index contributed by atoms with van der Waals surface area (Å²) in [7, 11) is 1.36. The second kappa shape index (κ2) is 6.65. The van der Waals surface area contributed by atoms with E-state index < -0.39 is 6.04 Å². The lowest BCUT2D eigenvalue weighted by Crippen LogP contribution is -2.14. The minimum Gasteiger partial charge on any atom is -0.466 e. The molecule has 0 heterocycles. The highest BCUT2D eigenvalue weighted by molar-refractivity contribution is 8.23. The average molecular weight is 302 g/mol. The van der Waals surface area contributed by atoms with E-state index in [1.807, 2.05) is 66.5 Å². The van der Waals surface area contributed by atoms with Gasteiger partial charge in [-0.25, -0.2) is 4.79 Å². The van der Waals surface area contributed by atoms with E-state index in [9.17, 15) is 4.79 Å². The Morgan fingerprint density at radius 1 is 1.00 bits per heavy atom. The summed E-state index contributed by atoms with van der Waals surface area (Å²) in [5, 5.41) is 2.11. The van der Waals surface area contributed by atoms with Crippen LogP contribution in [0.1, 0.15) is 0 Å². The lowest BCUT2D eigenvalue weighted by atomic mass is 10.4. The van der Waals surface area contributed by atoms with Crippen molar-refractivity contribution in [3.63, 3.8) is 0 Å². The Morgan fingerprint density at radius 2 is 1.45 bits per heavy atom. The van der Waals surface area contributed by atoms with Crippen molar-refractivity contribution >= 4 is 34.4 Å². The summed E-state index contributed by atoms with van der Waals surface area (Å²) in [6.07, 6.45) is 1.43. The fourth-order valence-corrected chi connectivity index (χ4v) is 4.97. The highest BCUT2D eigenvalue weighted by atomic mass is 32.4. The van der Waals surface area contributed by atoms with Crippen molar-refractivity contribution in [2.75, 3.05) is 7.11 Å². The van der Waals surface area contributed by atoms with Gasteiger partial charge in [0, 0.05) is 12.1 Å². The summed E-state index contributed by atoms with van der Waals surface area (Å²) in [5.74, 6) is 1.44. The zero-order valence-electron chi connectivity index (χ0n) is 11.1. The van der Waals surface area contributed by atoms with Crippen LogP contribution in [0.3, 0.4) is 0 Å². The van der Waals surface area contributed by atoms with Crippen LogP contribution in [-0.4, -0.2) is 13.1 Å². The first-order valence-electron chi connectivity index (χ1n) is 6.15. The number of rotatable bonds is 4. The van der Waals surface area contributed by atoms with Gasteiger partial charge in [-0.05, 0) is 16.4 Å². The molecule has 0 saturated heterocycles. The molecule has 0 aromatic heterocycles. The number of ether oxygens (including phenoxy) is 1. The Kier molecular flexibility index (Phi) is 4.89. The topological polar surface area (TPSA) is 26.3 Å². The number of hydrogen-bond donors (Lipinski definition) is 0. The molecule has 0 spiro atoms. The SMILES string of the molecule is COC(=O)/C=C/P(=S)(c1ccccc1)c1ccccc1. The van der Waals surface area contributed by atoms with E-state index in [1.54, 1.807) is 0 Å². The van der Waals surface area contributed by atoms with Crippen LogP contribution in [0.15, 0.2) is 72.6 Å². The van der Waals surface area contributed by atoms with Crippen LogP contribution in [0, 0.1) is 0 Å². The van der Waals surface area contributed by atoms with Crippen molar-refractivity contribution in [2.45, 2.75) is 0 Å². The van der Waals surface area contributed by atoms with E-state index in [0.717, 1.165) is 10.6 Å². The second-order valence-corrected chi connectivity index (χ2v) is 8.54. The Bertz CT molecular complexity index is 607. The maximum Gasteiger partial charge on any atom is 0.330 e. The first kappa shape index (κ1) is 14.7. The van der Waals surface area contributed by atoms with E-state index >= 15 is 0 Å². The molecule has 0 saturated carbocycles. The molecule has 102 valence electrons. The van der Waals surface area contributed by atoms with Crippen LogP contribution in [-0.2, 0) is 21.3 Å². The minimum absolute atomic E-state index is 0.383. The highest BCUT2D eigenvalue weighted by Gasteiger charge is 2.19. The van der Waals surface area contributed by atoms with Crippen LogP contribution < -0.4 is 10.6 Å². The maximum atomic E-state index is 11.4. The molecule has 2 rings (SSSR count). The smallest absolute Gasteiger partial charge is 0.330 e. The Labute approximate surface area is 124 Å². The predicted molar refractivity (Wildman–Crippen MR) is 87.6 cm³/mol. The Hall–Kier alpha value is -1.70. The maximum absolute atomic E-state index is 11.4. The lowest BCUT2D eigenvalue weighted by Gasteiger charge is -2.19. The molecule has 2 aromatic carbocycles. The van der Waals surface area contributed by atoms with Gasteiger partial charge < -0.3 is 4.74 Å². The van der Waals surface area contributed by atoms with E-state index in [2.05, 4.69) is 4.74 Å². The first-order chi connectivity index (χ1) is 9.66. The molecule has 2 aromatic rings. The van der Waals surface area contributed by atoms with Crippen LogP contribution >= 0.6 is 6.04 Å². The van der Waals surface area contributed by atoms with E-state index in [4.69, 9.17) is 11.8 Å². The third-order valence-corrected chi connectivity index (χ3v) is 7.23. The normalized spacial score (nSPS) is 11.4. The van der Waals surface area contributed by atoms with Crippen molar-refractivity contribution < 1.29 is 9.53 Å². The van der Waals surface area contributed by atoms with E-state index in [1.165, 1.54) is 13.2 Å². The van der Waals surface area contributed by atoms with Gasteiger partial charge in [-0.2, -0.15) is 0 Å². The van der Waals surface area contributed by atoms with E-state index in [-0.39, 0.29) is 5.97 Å². The Morgan fingerprint density at radius 3 is 1.85 bits per heavy atom. The lowest BCUT2D eigenvalue weighted by molar-refractivity contribution is -0.134. The van der Waals surface area contributed by atoms with E-state index in [0.29, 0.717) is 0 Å². The number of carbonyl (C=O) groups is 1. The molecule has 0 unspecified atom stereocenters. The van der Waals surface area contributed by atoms with Crippen LogP contribution in [0.4, 0.5) is 0 Å². The molecule has 0 atom stereocenters. The molecule has 0 radical (unpaired) electrons. The molecule has 0 fully saturated rings. The summed E-state index contributed by atoms with van der Waals surface area (Å²) >= 11 is 5.92. The number of benzene rings is 2. The van der Waals surface area contributed by atoms with Gasteiger partial charge in [0.1, 0.15) is 0 Å². The molecule has 20 heavy (non-hydrogen) atoms. The summed E-state index contributed by atoms with van der Waals surface area (Å²) in [5.41, 5.74) is 0. The third kappa shape index (κ3) is 3.24. The molecule has 2 nitrogen and oxygen atoms in total. The molecule has 0 N–H and O–H groups in total. The molecule has 0 aliphatic rings. The molecule has 0 bridgehead atoms. The van der Waals surface area contributed by atoms with Gasteiger partial charge in [0.15, 0.2) is 0 Å². The predicted octanol–water partition coefficient (Wildman–Crippen LogP) is 2.80. The van der Waals surface area contributed by atoms with Crippen molar-refractivity contribution in [1.82, 2.24) is 0 Å². The zero-order chi connectivity index (χ0) is 14.4. The van der Waals surface area contributed by atoms with Gasteiger partial charge in [-0.15, -0.1) is 0 Å². The summed E-state index contributed by atoms with van der Waals surface area (Å²) in [6, 6.07) is 17.7. The average Bonchev–Trinajstić information content (AvgIpc) is 2.54. The van der Waals surface area contributed by atoms with Crippen molar-refractivity contribution in [2.24, 2.45) is 0 Å². The molecule has 0 amide bonds. The van der Waals surface area contributed by atoms with Gasteiger partial charge in [-0.1, -0.05) is 72.5 Å². The molecule has 0 aliphatic carbocycles. The Balaban J connectivity index is 2.53. The van der Waals surface area contributed by atoms with Gasteiger partial charge in [0.05, 0.1) is 7.11 Å². The van der Waals surface area contributed by atoms with Crippen molar-refractivity contribution in [3.05, 3.63) is 72.6 Å². The second-order valence-electron chi connectivity index (χ2n) is 4.17. The number of methoxy groups -OCH3 is 1. The van der Waals surface area contributed by atoms with Gasteiger partial charge in [-0.3, -0.25) is 0 Å². The first-order valence-corrected chi connectivity index (χ1v) is 9.02. The number of esters is 1. The standard InChI is InChI=1S/C16H15O2PS/c1-18-16(17)12-13-19(20,14-8-4-2-5-9-14)15-10-6-3-7-11-15/h2-13H,1H3/b13-12+. The van der Waals surface area contributed by atoms with Crippen LogP contribution in [0.5, 0.6) is 0 Å². The number of hydrogen-bond acceptors (Lipinski definition) is 3. The van der Waals surface area contributed by atoms with Crippen molar-refractivity contribution in [3.8, 4) is 0 Å². The summed E-state index contributed by atoms with van der Waals surface area (Å²) in [6.45, 7) is 0. The molecule has 0 aliphatic heterocycles.